The molecule has 2 rings (SSSR count). The van der Waals surface area contributed by atoms with E-state index in [-0.39, 0.29) is 11.3 Å². The highest BCUT2D eigenvalue weighted by Crippen LogP contribution is 2.26. The number of carbonyl (C=O) groups is 2. The Bertz CT molecular complexity index is 671. The maximum Gasteiger partial charge on any atom is 0.350 e. The van der Waals surface area contributed by atoms with E-state index in [1.165, 1.54) is 26.0 Å². The first-order valence-corrected chi connectivity index (χ1v) is 6.38. The predicted molar refractivity (Wildman–Crippen MR) is 75.8 cm³/mol. The van der Waals surface area contributed by atoms with Gasteiger partial charge < -0.3 is 14.8 Å². The summed E-state index contributed by atoms with van der Waals surface area (Å²) in [5.74, 6) is -2.96. The van der Waals surface area contributed by atoms with Crippen LogP contribution in [0.3, 0.4) is 0 Å². The summed E-state index contributed by atoms with van der Waals surface area (Å²) in [7, 11) is 0. The first-order chi connectivity index (χ1) is 10.2. The number of nitrogens with one attached hydrogen (secondary N) is 1. The smallest absolute Gasteiger partial charge is 0.350 e. The molecule has 1 heterocycles. The zero-order chi connectivity index (χ0) is 16.5. The summed E-state index contributed by atoms with van der Waals surface area (Å²) < 4.78 is 9.88. The van der Waals surface area contributed by atoms with Gasteiger partial charge in [0.2, 0.25) is 0 Å². The molecular weight excluding hydrogens is 292 g/mol. The van der Waals surface area contributed by atoms with Gasteiger partial charge in [0.15, 0.2) is 5.57 Å². The lowest BCUT2D eigenvalue weighted by Gasteiger charge is -2.29. The molecule has 0 aliphatic carbocycles. The average Bonchev–Trinajstić information content (AvgIpc) is 2.37. The van der Waals surface area contributed by atoms with E-state index in [2.05, 4.69) is 5.32 Å². The summed E-state index contributed by atoms with van der Waals surface area (Å²) in [6, 6.07) is 4.44. The molecule has 22 heavy (non-hydrogen) atoms. The number of rotatable bonds is 3. The maximum atomic E-state index is 11.8. The van der Waals surface area contributed by atoms with E-state index in [0.717, 1.165) is 6.20 Å². The van der Waals surface area contributed by atoms with Gasteiger partial charge >= 0.3 is 11.9 Å². The highest BCUT2D eigenvalue weighted by molar-refractivity contribution is 6.15. The molecule has 0 unspecified atom stereocenters. The molecular formula is C14H14N2O6. The van der Waals surface area contributed by atoms with Crippen LogP contribution in [0.5, 0.6) is 0 Å². The summed E-state index contributed by atoms with van der Waals surface area (Å²) in [5, 5.41) is 13.6. The van der Waals surface area contributed by atoms with Gasteiger partial charge in [-0.1, -0.05) is 6.07 Å². The standard InChI is InChI=1S/C14H14N2O6/c1-8-10(5-4-6-11(8)16(19)20)15-7-9-12(17)21-14(2,3)22-13(9)18/h4-7,15H,1-3H3. The van der Waals surface area contributed by atoms with E-state index in [0.29, 0.717) is 11.3 Å². The van der Waals surface area contributed by atoms with Crippen molar-refractivity contribution in [2.45, 2.75) is 26.6 Å². The van der Waals surface area contributed by atoms with E-state index in [1.807, 2.05) is 0 Å². The van der Waals surface area contributed by atoms with Crippen LogP contribution in [-0.2, 0) is 19.1 Å². The Hall–Kier alpha value is -2.90. The predicted octanol–water partition coefficient (Wildman–Crippen LogP) is 2.04. The Morgan fingerprint density at radius 3 is 2.36 bits per heavy atom. The molecule has 0 spiro atoms. The van der Waals surface area contributed by atoms with Crippen LogP contribution in [-0.4, -0.2) is 22.6 Å². The summed E-state index contributed by atoms with van der Waals surface area (Å²) in [6.45, 7) is 4.44. The van der Waals surface area contributed by atoms with Gasteiger partial charge in [-0.3, -0.25) is 10.1 Å². The van der Waals surface area contributed by atoms with Crippen molar-refractivity contribution >= 4 is 23.3 Å². The summed E-state index contributed by atoms with van der Waals surface area (Å²) >= 11 is 0. The number of nitro groups is 1. The van der Waals surface area contributed by atoms with Gasteiger partial charge in [0, 0.05) is 31.8 Å². The lowest BCUT2D eigenvalue weighted by Crippen LogP contribution is -2.42. The van der Waals surface area contributed by atoms with Crippen LogP contribution in [0.1, 0.15) is 19.4 Å². The molecule has 8 heteroatoms. The average molecular weight is 306 g/mol. The summed E-state index contributed by atoms with van der Waals surface area (Å²) in [4.78, 5) is 33.9. The Kier molecular flexibility index (Phi) is 3.85. The van der Waals surface area contributed by atoms with Crippen LogP contribution in [0.4, 0.5) is 11.4 Å². The SMILES string of the molecule is Cc1c(NC=C2C(=O)OC(C)(C)OC2=O)cccc1[N+](=O)[O-]. The number of hydrogen-bond acceptors (Lipinski definition) is 7. The van der Waals surface area contributed by atoms with Gasteiger partial charge in [0.25, 0.3) is 11.5 Å². The Morgan fingerprint density at radius 1 is 1.23 bits per heavy atom. The van der Waals surface area contributed by atoms with Gasteiger partial charge in [0.1, 0.15) is 0 Å². The molecule has 1 saturated heterocycles. The van der Waals surface area contributed by atoms with Crippen LogP contribution in [0.25, 0.3) is 0 Å². The summed E-state index contributed by atoms with van der Waals surface area (Å²) in [6.07, 6.45) is 1.12. The van der Waals surface area contributed by atoms with Crippen LogP contribution in [0.15, 0.2) is 30.0 Å². The fraction of sp³-hybridized carbons (Fsp3) is 0.286. The normalized spacial score (nSPS) is 16.6. The number of ether oxygens (including phenoxy) is 2. The van der Waals surface area contributed by atoms with E-state index in [9.17, 15) is 19.7 Å². The molecule has 1 aromatic carbocycles. The van der Waals surface area contributed by atoms with Crippen LogP contribution in [0.2, 0.25) is 0 Å². The molecule has 116 valence electrons. The third-order valence-electron chi connectivity index (χ3n) is 2.99. The molecule has 0 saturated carbocycles. The number of nitro benzene ring substituents is 1. The number of hydrogen-bond donors (Lipinski definition) is 1. The molecule has 0 aromatic heterocycles. The molecule has 1 aromatic rings. The topological polar surface area (TPSA) is 108 Å². The molecule has 1 fully saturated rings. The minimum Gasteiger partial charge on any atom is -0.419 e. The van der Waals surface area contributed by atoms with Gasteiger partial charge in [-0.15, -0.1) is 0 Å². The van der Waals surface area contributed by atoms with E-state index in [1.54, 1.807) is 13.0 Å². The van der Waals surface area contributed by atoms with E-state index >= 15 is 0 Å². The largest absolute Gasteiger partial charge is 0.419 e. The number of cyclic esters (lactones) is 2. The molecule has 1 aliphatic heterocycles. The van der Waals surface area contributed by atoms with Crippen LogP contribution >= 0.6 is 0 Å². The quantitative estimate of drug-likeness (QED) is 0.299. The van der Waals surface area contributed by atoms with Crippen molar-refractivity contribution in [3.05, 3.63) is 45.6 Å². The van der Waals surface area contributed by atoms with Crippen molar-refractivity contribution in [2.75, 3.05) is 5.32 Å². The third kappa shape index (κ3) is 3.05. The van der Waals surface area contributed by atoms with Crippen molar-refractivity contribution in [2.24, 2.45) is 0 Å². The number of nitrogens with zero attached hydrogens (tertiary/aromatic N) is 1. The molecule has 8 nitrogen and oxygen atoms in total. The van der Waals surface area contributed by atoms with Crippen molar-refractivity contribution in [1.29, 1.82) is 0 Å². The highest BCUT2D eigenvalue weighted by Gasteiger charge is 2.38. The summed E-state index contributed by atoms with van der Waals surface area (Å²) in [5.41, 5.74) is 0.387. The molecule has 1 aliphatic rings. The van der Waals surface area contributed by atoms with Crippen molar-refractivity contribution in [1.82, 2.24) is 0 Å². The zero-order valence-electron chi connectivity index (χ0n) is 12.2. The van der Waals surface area contributed by atoms with Gasteiger partial charge in [-0.05, 0) is 13.0 Å². The first kappa shape index (κ1) is 15.5. The first-order valence-electron chi connectivity index (χ1n) is 6.38. The lowest BCUT2D eigenvalue weighted by atomic mass is 10.1. The number of esters is 2. The second kappa shape index (κ2) is 5.47. The second-order valence-corrected chi connectivity index (χ2v) is 5.09. The molecule has 0 radical (unpaired) electrons. The molecule has 1 N–H and O–H groups in total. The molecule has 0 atom stereocenters. The Morgan fingerprint density at radius 2 is 1.82 bits per heavy atom. The Labute approximate surface area is 125 Å². The van der Waals surface area contributed by atoms with Gasteiger partial charge in [-0.25, -0.2) is 9.59 Å². The van der Waals surface area contributed by atoms with Crippen LogP contribution in [0, 0.1) is 17.0 Å². The minimum atomic E-state index is -1.31. The van der Waals surface area contributed by atoms with Crippen molar-refractivity contribution in [3.8, 4) is 0 Å². The van der Waals surface area contributed by atoms with Crippen molar-refractivity contribution in [3.63, 3.8) is 0 Å². The van der Waals surface area contributed by atoms with Gasteiger partial charge in [-0.2, -0.15) is 0 Å². The molecule has 0 amide bonds. The number of carbonyl (C=O) groups excluding carboxylic acids is 2. The second-order valence-electron chi connectivity index (χ2n) is 5.09. The highest BCUT2D eigenvalue weighted by atomic mass is 16.7. The fourth-order valence-electron chi connectivity index (χ4n) is 1.91. The third-order valence-corrected chi connectivity index (χ3v) is 2.99. The Balaban J connectivity index is 2.26. The number of benzene rings is 1. The van der Waals surface area contributed by atoms with E-state index in [4.69, 9.17) is 9.47 Å². The minimum absolute atomic E-state index is 0.0710. The maximum absolute atomic E-state index is 11.8. The van der Waals surface area contributed by atoms with Gasteiger partial charge in [0.05, 0.1) is 10.5 Å². The lowest BCUT2D eigenvalue weighted by molar-refractivity contribution is -0.385. The van der Waals surface area contributed by atoms with Crippen molar-refractivity contribution < 1.29 is 24.0 Å². The van der Waals surface area contributed by atoms with E-state index < -0.39 is 22.6 Å². The van der Waals surface area contributed by atoms with Crippen LogP contribution < -0.4 is 5.32 Å². The monoisotopic (exact) mass is 306 g/mol. The zero-order valence-corrected chi connectivity index (χ0v) is 12.2. The fourth-order valence-corrected chi connectivity index (χ4v) is 1.91. The number of anilines is 1. The molecule has 0 bridgehead atoms.